The van der Waals surface area contributed by atoms with Crippen LogP contribution in [-0.4, -0.2) is 59.4 Å². The summed E-state index contributed by atoms with van der Waals surface area (Å²) in [6.07, 6.45) is -7.02. The van der Waals surface area contributed by atoms with Gasteiger partial charge in [0, 0.05) is 18.5 Å². The number of likely N-dealkylation sites (N-methyl/N-ethyl adjacent to an activating group) is 1. The molecule has 0 fully saturated rings. The first kappa shape index (κ1) is 25.1. The van der Waals surface area contributed by atoms with Gasteiger partial charge in [-0.3, -0.25) is 9.59 Å². The topological polar surface area (TPSA) is 95.9 Å². The summed E-state index contributed by atoms with van der Waals surface area (Å²) in [6, 6.07) is 11.1. The van der Waals surface area contributed by atoms with E-state index >= 15 is 0 Å². The smallest absolute Gasteiger partial charge is 0.417 e. The summed E-state index contributed by atoms with van der Waals surface area (Å²) in [5.41, 5.74) is 3.70. The maximum atomic E-state index is 13.7. The molecular weight excluding hydrogens is 453 g/mol. The van der Waals surface area contributed by atoms with Crippen molar-refractivity contribution in [3.63, 3.8) is 0 Å². The lowest BCUT2D eigenvalue weighted by Gasteiger charge is -2.31. The Morgan fingerprint density at radius 1 is 1.06 bits per heavy atom. The van der Waals surface area contributed by atoms with Crippen molar-refractivity contribution in [3.8, 4) is 11.1 Å². The lowest BCUT2D eigenvalue weighted by molar-refractivity contribution is -0.175. The van der Waals surface area contributed by atoms with Gasteiger partial charge in [-0.25, -0.2) is 4.79 Å². The minimum Gasteiger partial charge on any atom is -0.481 e. The Balaban J connectivity index is 1.73. The van der Waals surface area contributed by atoms with E-state index in [2.05, 4.69) is 0 Å². The van der Waals surface area contributed by atoms with E-state index in [4.69, 9.17) is 9.84 Å². The quantitative estimate of drug-likeness (QED) is 0.594. The lowest BCUT2D eigenvalue weighted by Crippen LogP contribution is -2.58. The van der Waals surface area contributed by atoms with Gasteiger partial charge >= 0.3 is 18.2 Å². The van der Waals surface area contributed by atoms with Gasteiger partial charge in [-0.2, -0.15) is 13.2 Å². The molecule has 34 heavy (non-hydrogen) atoms. The van der Waals surface area contributed by atoms with Crippen LogP contribution in [0.4, 0.5) is 18.0 Å². The first-order valence-electron chi connectivity index (χ1n) is 10.7. The largest absolute Gasteiger partial charge is 0.481 e. The predicted octanol–water partition coefficient (Wildman–Crippen LogP) is 4.17. The number of alkyl carbamates (subject to hydrolysis) is 1. The SMILES string of the molecule is CCN(C(=O)C(NC(=O)OCC1c2ccccc2-c2ccccc21)C(F)(F)F)C(C)CC(=O)O. The fourth-order valence-corrected chi connectivity index (χ4v) is 4.25. The predicted molar refractivity (Wildman–Crippen MR) is 117 cm³/mol. The molecule has 2 aromatic rings. The second-order valence-corrected chi connectivity index (χ2v) is 8.02. The number of aliphatic carboxylic acids is 1. The number of nitrogens with zero attached hydrogens (tertiary/aromatic N) is 1. The van der Waals surface area contributed by atoms with Gasteiger partial charge < -0.3 is 20.1 Å². The number of benzene rings is 2. The van der Waals surface area contributed by atoms with Crippen LogP contribution >= 0.6 is 0 Å². The number of fused-ring (bicyclic) bond motifs is 3. The average molecular weight is 478 g/mol. The Morgan fingerprint density at radius 3 is 2.06 bits per heavy atom. The molecule has 2 unspecified atom stereocenters. The zero-order valence-electron chi connectivity index (χ0n) is 18.6. The van der Waals surface area contributed by atoms with Crippen LogP contribution in [0.3, 0.4) is 0 Å². The van der Waals surface area contributed by atoms with Crippen molar-refractivity contribution >= 4 is 18.0 Å². The number of rotatable bonds is 8. The lowest BCUT2D eigenvalue weighted by atomic mass is 9.98. The Labute approximate surface area is 194 Å². The van der Waals surface area contributed by atoms with Crippen molar-refractivity contribution in [3.05, 3.63) is 59.7 Å². The van der Waals surface area contributed by atoms with Crippen molar-refractivity contribution in [2.45, 2.75) is 44.4 Å². The summed E-state index contributed by atoms with van der Waals surface area (Å²) < 4.78 is 46.1. The third-order valence-electron chi connectivity index (χ3n) is 5.81. The summed E-state index contributed by atoms with van der Waals surface area (Å²) in [5.74, 6) is -3.06. The molecule has 0 bridgehead atoms. The van der Waals surface area contributed by atoms with Crippen molar-refractivity contribution < 1.29 is 37.4 Å². The van der Waals surface area contributed by atoms with E-state index in [-0.39, 0.29) is 19.1 Å². The van der Waals surface area contributed by atoms with E-state index in [1.165, 1.54) is 13.8 Å². The second kappa shape index (κ2) is 10.1. The van der Waals surface area contributed by atoms with Gasteiger partial charge in [-0.1, -0.05) is 48.5 Å². The summed E-state index contributed by atoms with van der Waals surface area (Å²) in [7, 11) is 0. The summed E-state index contributed by atoms with van der Waals surface area (Å²) >= 11 is 0. The Kier molecular flexibility index (Phi) is 7.48. The number of alkyl halides is 3. The highest BCUT2D eigenvalue weighted by Crippen LogP contribution is 2.44. The van der Waals surface area contributed by atoms with E-state index in [1.54, 1.807) is 5.32 Å². The molecule has 1 aliphatic carbocycles. The number of ether oxygens (including phenoxy) is 1. The molecule has 7 nitrogen and oxygen atoms in total. The molecule has 2 amide bonds. The first-order chi connectivity index (χ1) is 16.0. The number of carboxylic acid groups (broad SMARTS) is 1. The van der Waals surface area contributed by atoms with Crippen molar-refractivity contribution in [1.29, 1.82) is 0 Å². The Hall–Kier alpha value is -3.56. The Bertz CT molecular complexity index is 1030. The number of carboxylic acids is 1. The molecule has 0 heterocycles. The molecule has 1 aliphatic rings. The van der Waals surface area contributed by atoms with Gasteiger partial charge in [-0.15, -0.1) is 0 Å². The van der Waals surface area contributed by atoms with Crippen LogP contribution in [0, 0.1) is 0 Å². The van der Waals surface area contributed by atoms with Gasteiger partial charge in [0.25, 0.3) is 5.91 Å². The molecule has 0 saturated carbocycles. The van der Waals surface area contributed by atoms with Crippen molar-refractivity contribution in [2.75, 3.05) is 13.2 Å². The third-order valence-corrected chi connectivity index (χ3v) is 5.81. The maximum absolute atomic E-state index is 13.7. The number of carbonyl (C=O) groups excluding carboxylic acids is 2. The van der Waals surface area contributed by atoms with Gasteiger partial charge in [0.2, 0.25) is 6.04 Å². The molecule has 10 heteroatoms. The molecule has 0 radical (unpaired) electrons. The fourth-order valence-electron chi connectivity index (χ4n) is 4.25. The van der Waals surface area contributed by atoms with E-state index in [9.17, 15) is 27.6 Å². The molecule has 0 spiro atoms. The third kappa shape index (κ3) is 5.32. The van der Waals surface area contributed by atoms with E-state index in [0.29, 0.717) is 0 Å². The van der Waals surface area contributed by atoms with Crippen molar-refractivity contribution in [1.82, 2.24) is 10.2 Å². The second-order valence-electron chi connectivity index (χ2n) is 8.02. The van der Waals surface area contributed by atoms with E-state index in [1.807, 2.05) is 48.5 Å². The summed E-state index contributed by atoms with van der Waals surface area (Å²) in [6.45, 7) is 2.38. The molecule has 182 valence electrons. The fraction of sp³-hybridized carbons (Fsp3) is 0.375. The number of hydrogen-bond donors (Lipinski definition) is 2. The summed E-state index contributed by atoms with van der Waals surface area (Å²) in [4.78, 5) is 36.7. The van der Waals surface area contributed by atoms with E-state index < -0.39 is 42.7 Å². The first-order valence-corrected chi connectivity index (χ1v) is 10.7. The van der Waals surface area contributed by atoms with Crippen molar-refractivity contribution in [2.24, 2.45) is 0 Å². The highest BCUT2D eigenvalue weighted by atomic mass is 19.4. The minimum absolute atomic E-state index is 0.160. The van der Waals surface area contributed by atoms with Crippen LogP contribution in [0.15, 0.2) is 48.5 Å². The molecule has 0 saturated heterocycles. The zero-order chi connectivity index (χ0) is 25.0. The van der Waals surface area contributed by atoms with Gasteiger partial charge in [-0.05, 0) is 36.1 Å². The maximum Gasteiger partial charge on any atom is 0.417 e. The van der Waals surface area contributed by atoms with Gasteiger partial charge in [0.15, 0.2) is 0 Å². The Morgan fingerprint density at radius 2 is 1.59 bits per heavy atom. The van der Waals surface area contributed by atoms with Gasteiger partial charge in [0.1, 0.15) is 6.61 Å². The van der Waals surface area contributed by atoms with Gasteiger partial charge in [0.05, 0.1) is 6.42 Å². The normalized spacial score (nSPS) is 14.5. The van der Waals surface area contributed by atoms with Crippen LogP contribution in [0.5, 0.6) is 0 Å². The number of amides is 2. The molecule has 0 aliphatic heterocycles. The van der Waals surface area contributed by atoms with Crippen LogP contribution in [0.2, 0.25) is 0 Å². The summed E-state index contributed by atoms with van der Waals surface area (Å²) in [5, 5.41) is 10.5. The monoisotopic (exact) mass is 478 g/mol. The van der Waals surface area contributed by atoms with Crippen LogP contribution in [0.25, 0.3) is 11.1 Å². The number of carbonyl (C=O) groups is 3. The molecule has 2 N–H and O–H groups in total. The standard InChI is InChI=1S/C24H25F3N2O5/c1-3-29(14(2)12-20(30)31)22(32)21(24(25,26)27)28-23(33)34-13-19-17-10-6-4-8-15(17)16-9-5-7-11-18(16)19/h4-11,14,19,21H,3,12-13H2,1-2H3,(H,28,33)(H,30,31). The zero-order valence-corrected chi connectivity index (χ0v) is 18.6. The highest BCUT2D eigenvalue weighted by Gasteiger charge is 2.48. The van der Waals surface area contributed by atoms with Crippen LogP contribution in [0.1, 0.15) is 37.3 Å². The van der Waals surface area contributed by atoms with E-state index in [0.717, 1.165) is 27.2 Å². The number of halogens is 3. The number of hydrogen-bond acceptors (Lipinski definition) is 4. The van der Waals surface area contributed by atoms with Crippen LogP contribution < -0.4 is 5.32 Å². The van der Waals surface area contributed by atoms with Crippen LogP contribution in [-0.2, 0) is 14.3 Å². The average Bonchev–Trinajstić information content (AvgIpc) is 3.09. The number of nitrogens with one attached hydrogen (secondary N) is 1. The molecule has 2 atom stereocenters. The molecular formula is C24H25F3N2O5. The molecule has 2 aromatic carbocycles. The highest BCUT2D eigenvalue weighted by molar-refractivity contribution is 5.87. The minimum atomic E-state index is -5.10. The molecule has 0 aromatic heterocycles. The molecule has 3 rings (SSSR count).